The summed E-state index contributed by atoms with van der Waals surface area (Å²) >= 11 is 0. The normalized spacial score (nSPS) is 40.8. The predicted molar refractivity (Wildman–Crippen MR) is 36.0 cm³/mol. The Hall–Kier alpha value is -0.300. The molecular formula is C8H12O. The Morgan fingerprint density at radius 3 is 3.22 bits per heavy atom. The summed E-state index contributed by atoms with van der Waals surface area (Å²) in [6, 6.07) is 0. The molecule has 0 aliphatic heterocycles. The molecule has 0 radical (unpaired) electrons. The predicted octanol–water partition coefficient (Wildman–Crippen LogP) is 1.48. The van der Waals surface area contributed by atoms with Gasteiger partial charge in [0, 0.05) is 5.92 Å². The van der Waals surface area contributed by atoms with E-state index in [1.807, 2.05) is 0 Å². The van der Waals surface area contributed by atoms with E-state index in [1.54, 1.807) is 0 Å². The van der Waals surface area contributed by atoms with E-state index in [0.29, 0.717) is 5.92 Å². The molecule has 2 rings (SSSR count). The van der Waals surface area contributed by atoms with E-state index < -0.39 is 0 Å². The number of hydrogen-bond donors (Lipinski definition) is 1. The fourth-order valence-electron chi connectivity index (χ4n) is 2.03. The highest BCUT2D eigenvalue weighted by Gasteiger charge is 2.31. The lowest BCUT2D eigenvalue weighted by Crippen LogP contribution is -2.12. The molecule has 0 spiro atoms. The molecule has 0 heterocycles. The Labute approximate surface area is 55.4 Å². The molecule has 1 fully saturated rings. The van der Waals surface area contributed by atoms with Gasteiger partial charge in [-0.2, -0.15) is 0 Å². The topological polar surface area (TPSA) is 20.2 Å². The molecule has 0 unspecified atom stereocenters. The summed E-state index contributed by atoms with van der Waals surface area (Å²) < 4.78 is 0. The first-order valence-corrected chi connectivity index (χ1v) is 3.75. The Bertz CT molecular complexity index is 149. The Balaban J connectivity index is 2.19. The van der Waals surface area contributed by atoms with Gasteiger partial charge in [0.1, 0.15) is 0 Å². The van der Waals surface area contributed by atoms with Gasteiger partial charge in [0.15, 0.2) is 0 Å². The third-order valence-electron chi connectivity index (χ3n) is 2.54. The Kier molecular flexibility index (Phi) is 1.12. The van der Waals surface area contributed by atoms with Crippen molar-refractivity contribution in [3.05, 3.63) is 11.6 Å². The first kappa shape index (κ1) is 5.48. The van der Waals surface area contributed by atoms with Gasteiger partial charge in [-0.3, -0.25) is 0 Å². The van der Waals surface area contributed by atoms with E-state index in [-0.39, 0.29) is 6.10 Å². The summed E-state index contributed by atoms with van der Waals surface area (Å²) in [5, 5.41) is 9.35. The van der Waals surface area contributed by atoms with Crippen LogP contribution in [0, 0.1) is 5.92 Å². The van der Waals surface area contributed by atoms with Gasteiger partial charge in [-0.15, -0.1) is 0 Å². The Morgan fingerprint density at radius 1 is 1.56 bits per heavy atom. The highest BCUT2D eigenvalue weighted by molar-refractivity contribution is 5.19. The summed E-state index contributed by atoms with van der Waals surface area (Å²) in [5.74, 6) is 0.560. The second-order valence-electron chi connectivity index (χ2n) is 3.08. The molecule has 0 aromatic heterocycles. The number of rotatable bonds is 0. The monoisotopic (exact) mass is 124 g/mol. The molecule has 2 aliphatic rings. The van der Waals surface area contributed by atoms with Crippen molar-refractivity contribution < 1.29 is 5.11 Å². The van der Waals surface area contributed by atoms with Crippen LogP contribution in [0.5, 0.6) is 0 Å². The van der Waals surface area contributed by atoms with E-state index in [4.69, 9.17) is 0 Å². The van der Waals surface area contributed by atoms with Gasteiger partial charge in [-0.1, -0.05) is 11.6 Å². The zero-order valence-electron chi connectivity index (χ0n) is 5.51. The van der Waals surface area contributed by atoms with E-state index >= 15 is 0 Å². The van der Waals surface area contributed by atoms with Gasteiger partial charge in [0.05, 0.1) is 6.10 Å². The third kappa shape index (κ3) is 0.715. The molecule has 2 atom stereocenters. The van der Waals surface area contributed by atoms with Gasteiger partial charge in [0.2, 0.25) is 0 Å². The van der Waals surface area contributed by atoms with Crippen LogP contribution in [0.3, 0.4) is 0 Å². The van der Waals surface area contributed by atoms with E-state index in [9.17, 15) is 5.11 Å². The second kappa shape index (κ2) is 1.84. The van der Waals surface area contributed by atoms with Crippen LogP contribution in [0.15, 0.2) is 11.6 Å². The minimum absolute atomic E-state index is 0.0255. The molecule has 9 heavy (non-hydrogen) atoms. The first-order valence-electron chi connectivity index (χ1n) is 3.75. The van der Waals surface area contributed by atoms with E-state index in [0.717, 1.165) is 6.42 Å². The molecule has 2 aliphatic carbocycles. The molecule has 1 saturated carbocycles. The van der Waals surface area contributed by atoms with Crippen LogP contribution >= 0.6 is 0 Å². The standard InChI is InChI=1S/C8H12O/c9-8-5-4-6-2-1-3-7(6)8/h4,7-9H,1-3,5H2/t7-,8+/m1/s1. The molecule has 0 aromatic rings. The quantitative estimate of drug-likeness (QED) is 0.485. The molecular weight excluding hydrogens is 112 g/mol. The molecule has 1 nitrogen and oxygen atoms in total. The van der Waals surface area contributed by atoms with Crippen molar-refractivity contribution in [1.29, 1.82) is 0 Å². The average Bonchev–Trinajstić information content (AvgIpc) is 2.35. The molecule has 0 aromatic carbocycles. The summed E-state index contributed by atoms with van der Waals surface area (Å²) in [6.07, 6.45) is 6.90. The molecule has 1 N–H and O–H groups in total. The molecule has 0 bridgehead atoms. The van der Waals surface area contributed by atoms with Crippen molar-refractivity contribution in [3.8, 4) is 0 Å². The van der Waals surface area contributed by atoms with Crippen LogP contribution in [0.4, 0.5) is 0 Å². The highest BCUT2D eigenvalue weighted by Crippen LogP contribution is 2.39. The zero-order valence-corrected chi connectivity index (χ0v) is 5.51. The van der Waals surface area contributed by atoms with Crippen LogP contribution in [-0.4, -0.2) is 11.2 Å². The van der Waals surface area contributed by atoms with Crippen molar-refractivity contribution in [1.82, 2.24) is 0 Å². The number of aliphatic hydroxyl groups is 1. The molecule has 0 amide bonds. The summed E-state index contributed by atoms with van der Waals surface area (Å²) in [5.41, 5.74) is 1.53. The van der Waals surface area contributed by atoms with Gasteiger partial charge < -0.3 is 5.11 Å². The van der Waals surface area contributed by atoms with Gasteiger partial charge in [-0.25, -0.2) is 0 Å². The Morgan fingerprint density at radius 2 is 2.44 bits per heavy atom. The van der Waals surface area contributed by atoms with Gasteiger partial charge in [0.25, 0.3) is 0 Å². The maximum absolute atomic E-state index is 9.35. The second-order valence-corrected chi connectivity index (χ2v) is 3.08. The van der Waals surface area contributed by atoms with Crippen LogP contribution in [0.2, 0.25) is 0 Å². The van der Waals surface area contributed by atoms with Crippen LogP contribution in [-0.2, 0) is 0 Å². The van der Waals surface area contributed by atoms with Crippen LogP contribution < -0.4 is 0 Å². The van der Waals surface area contributed by atoms with Gasteiger partial charge >= 0.3 is 0 Å². The lowest BCUT2D eigenvalue weighted by Gasteiger charge is -2.09. The van der Waals surface area contributed by atoms with Crippen molar-refractivity contribution >= 4 is 0 Å². The minimum Gasteiger partial charge on any atom is -0.392 e. The molecule has 1 heteroatoms. The smallest absolute Gasteiger partial charge is 0.0639 e. The largest absolute Gasteiger partial charge is 0.392 e. The van der Waals surface area contributed by atoms with Crippen molar-refractivity contribution in [2.24, 2.45) is 5.92 Å². The lowest BCUT2D eigenvalue weighted by atomic mass is 10.0. The minimum atomic E-state index is -0.0255. The van der Waals surface area contributed by atoms with E-state index in [1.165, 1.54) is 24.8 Å². The summed E-state index contributed by atoms with van der Waals surface area (Å²) in [4.78, 5) is 0. The maximum atomic E-state index is 9.35. The lowest BCUT2D eigenvalue weighted by molar-refractivity contribution is 0.141. The highest BCUT2D eigenvalue weighted by atomic mass is 16.3. The van der Waals surface area contributed by atoms with Crippen molar-refractivity contribution in [2.45, 2.75) is 31.8 Å². The van der Waals surface area contributed by atoms with Crippen molar-refractivity contribution in [3.63, 3.8) is 0 Å². The third-order valence-corrected chi connectivity index (χ3v) is 2.54. The van der Waals surface area contributed by atoms with Crippen LogP contribution in [0.25, 0.3) is 0 Å². The molecule has 0 saturated heterocycles. The SMILES string of the molecule is O[C@H]1CC=C2CCC[C@H]21. The molecule has 50 valence electrons. The number of hydrogen-bond acceptors (Lipinski definition) is 1. The summed E-state index contributed by atoms with van der Waals surface area (Å²) in [6.45, 7) is 0. The zero-order chi connectivity index (χ0) is 6.27. The number of aliphatic hydroxyl groups excluding tert-OH is 1. The van der Waals surface area contributed by atoms with E-state index in [2.05, 4.69) is 6.08 Å². The fourth-order valence-corrected chi connectivity index (χ4v) is 2.03. The van der Waals surface area contributed by atoms with Crippen LogP contribution in [0.1, 0.15) is 25.7 Å². The maximum Gasteiger partial charge on any atom is 0.0639 e. The summed E-state index contributed by atoms with van der Waals surface area (Å²) in [7, 11) is 0. The van der Waals surface area contributed by atoms with Gasteiger partial charge in [-0.05, 0) is 25.7 Å². The van der Waals surface area contributed by atoms with Crippen molar-refractivity contribution in [2.75, 3.05) is 0 Å². The first-order chi connectivity index (χ1) is 4.38. The number of fused-ring (bicyclic) bond motifs is 1. The average molecular weight is 124 g/mol. The fraction of sp³-hybridized carbons (Fsp3) is 0.750.